The summed E-state index contributed by atoms with van der Waals surface area (Å²) in [4.78, 5) is 14.5. The van der Waals surface area contributed by atoms with Crippen LogP contribution in [-0.2, 0) is 13.0 Å². The third-order valence-corrected chi connectivity index (χ3v) is 2.19. The van der Waals surface area contributed by atoms with Crippen molar-refractivity contribution < 1.29 is 9.90 Å². The Bertz CT molecular complexity index is 306. The first-order valence-electron chi connectivity index (χ1n) is 3.99. The van der Waals surface area contributed by atoms with E-state index in [1.54, 1.807) is 6.20 Å². The van der Waals surface area contributed by atoms with Crippen LogP contribution in [0.4, 0.5) is 0 Å². The average Bonchev–Trinajstić information content (AvgIpc) is 2.46. The summed E-state index contributed by atoms with van der Waals surface area (Å²) in [5, 5.41) is 9.30. The second-order valence-corrected chi connectivity index (χ2v) is 3.02. The minimum atomic E-state index is -0.292. The SMILES string of the molecule is O=Cc1cnc2n1CCC(O)C2. The molecule has 2 heterocycles. The zero-order valence-electron chi connectivity index (χ0n) is 6.60. The topological polar surface area (TPSA) is 55.1 Å². The predicted molar refractivity (Wildman–Crippen MR) is 41.9 cm³/mol. The van der Waals surface area contributed by atoms with Crippen LogP contribution in [0.25, 0.3) is 0 Å². The number of hydrogen-bond acceptors (Lipinski definition) is 3. The van der Waals surface area contributed by atoms with Gasteiger partial charge in [-0.15, -0.1) is 0 Å². The molecule has 1 atom stereocenters. The van der Waals surface area contributed by atoms with Gasteiger partial charge in [0.2, 0.25) is 0 Å². The van der Waals surface area contributed by atoms with E-state index in [1.165, 1.54) is 0 Å². The molecule has 0 aliphatic carbocycles. The van der Waals surface area contributed by atoms with E-state index in [1.807, 2.05) is 4.57 Å². The van der Waals surface area contributed by atoms with Gasteiger partial charge < -0.3 is 9.67 Å². The van der Waals surface area contributed by atoms with Crippen molar-refractivity contribution >= 4 is 6.29 Å². The molecular weight excluding hydrogens is 156 g/mol. The van der Waals surface area contributed by atoms with E-state index in [2.05, 4.69) is 4.98 Å². The van der Waals surface area contributed by atoms with E-state index in [-0.39, 0.29) is 6.10 Å². The molecule has 0 radical (unpaired) electrons. The summed E-state index contributed by atoms with van der Waals surface area (Å²) < 4.78 is 1.86. The third-order valence-electron chi connectivity index (χ3n) is 2.19. The fourth-order valence-corrected chi connectivity index (χ4v) is 1.54. The summed E-state index contributed by atoms with van der Waals surface area (Å²) in [7, 11) is 0. The van der Waals surface area contributed by atoms with Crippen LogP contribution in [0.5, 0.6) is 0 Å². The molecule has 1 aromatic heterocycles. The zero-order chi connectivity index (χ0) is 8.55. The number of rotatable bonds is 1. The summed E-state index contributed by atoms with van der Waals surface area (Å²) in [5.41, 5.74) is 0.608. The molecule has 0 spiro atoms. The van der Waals surface area contributed by atoms with Gasteiger partial charge in [-0.1, -0.05) is 0 Å². The number of aldehydes is 1. The maximum absolute atomic E-state index is 10.5. The number of aromatic nitrogens is 2. The maximum Gasteiger partial charge on any atom is 0.168 e. The van der Waals surface area contributed by atoms with E-state index in [0.717, 1.165) is 12.1 Å². The van der Waals surface area contributed by atoms with E-state index < -0.39 is 0 Å². The van der Waals surface area contributed by atoms with E-state index >= 15 is 0 Å². The van der Waals surface area contributed by atoms with Crippen molar-refractivity contribution in [3.8, 4) is 0 Å². The second kappa shape index (κ2) is 2.71. The summed E-state index contributed by atoms with van der Waals surface area (Å²) in [5.74, 6) is 0.816. The van der Waals surface area contributed by atoms with Gasteiger partial charge in [0.25, 0.3) is 0 Å². The highest BCUT2D eigenvalue weighted by atomic mass is 16.3. The number of fused-ring (bicyclic) bond motifs is 1. The molecule has 1 aliphatic rings. The van der Waals surface area contributed by atoms with E-state index in [4.69, 9.17) is 0 Å². The van der Waals surface area contributed by atoms with Crippen molar-refractivity contribution in [2.45, 2.75) is 25.5 Å². The molecule has 0 fully saturated rings. The Labute approximate surface area is 69.8 Å². The van der Waals surface area contributed by atoms with Gasteiger partial charge >= 0.3 is 0 Å². The lowest BCUT2D eigenvalue weighted by Gasteiger charge is -2.19. The molecule has 0 saturated heterocycles. The first-order valence-corrected chi connectivity index (χ1v) is 3.99. The molecule has 4 heteroatoms. The molecule has 0 bridgehead atoms. The second-order valence-electron chi connectivity index (χ2n) is 3.02. The standard InChI is InChI=1S/C8H10N2O2/c11-5-6-4-9-8-3-7(12)1-2-10(6)8/h4-5,7,12H,1-3H2. The lowest BCUT2D eigenvalue weighted by atomic mass is 10.1. The molecule has 4 nitrogen and oxygen atoms in total. The minimum Gasteiger partial charge on any atom is -0.393 e. The monoisotopic (exact) mass is 166 g/mol. The number of imidazole rings is 1. The largest absolute Gasteiger partial charge is 0.393 e. The Hall–Kier alpha value is -1.16. The van der Waals surface area contributed by atoms with Crippen LogP contribution in [0.15, 0.2) is 6.20 Å². The molecule has 0 amide bonds. The van der Waals surface area contributed by atoms with Crippen molar-refractivity contribution in [1.29, 1.82) is 0 Å². The Morgan fingerprint density at radius 3 is 3.33 bits per heavy atom. The Morgan fingerprint density at radius 1 is 1.75 bits per heavy atom. The molecule has 0 aromatic carbocycles. The Balaban J connectivity index is 2.38. The summed E-state index contributed by atoms with van der Waals surface area (Å²) in [6, 6.07) is 0. The molecule has 1 aliphatic heterocycles. The van der Waals surface area contributed by atoms with Crippen molar-refractivity contribution in [2.75, 3.05) is 0 Å². The Morgan fingerprint density at radius 2 is 2.58 bits per heavy atom. The lowest BCUT2D eigenvalue weighted by Crippen LogP contribution is -2.24. The van der Waals surface area contributed by atoms with Gasteiger partial charge in [-0.3, -0.25) is 4.79 Å². The predicted octanol–water partition coefficient (Wildman–Crippen LogP) is 0.00270. The smallest absolute Gasteiger partial charge is 0.168 e. The summed E-state index contributed by atoms with van der Waals surface area (Å²) in [6.07, 6.45) is 3.34. The van der Waals surface area contributed by atoms with Crippen LogP contribution in [0, 0.1) is 0 Å². The van der Waals surface area contributed by atoms with Crippen LogP contribution < -0.4 is 0 Å². The quantitative estimate of drug-likeness (QED) is 0.597. The molecule has 1 aromatic rings. The molecule has 2 rings (SSSR count). The molecule has 0 saturated carbocycles. The van der Waals surface area contributed by atoms with Crippen molar-refractivity contribution in [1.82, 2.24) is 9.55 Å². The van der Waals surface area contributed by atoms with Crippen molar-refractivity contribution in [2.24, 2.45) is 0 Å². The molecular formula is C8H10N2O2. The van der Waals surface area contributed by atoms with Gasteiger partial charge in [0.05, 0.1) is 12.3 Å². The van der Waals surface area contributed by atoms with Crippen molar-refractivity contribution in [3.05, 3.63) is 17.7 Å². The first kappa shape index (κ1) is 7.49. The number of hydrogen-bond donors (Lipinski definition) is 1. The van der Waals surface area contributed by atoms with Gasteiger partial charge in [-0.05, 0) is 6.42 Å². The Kier molecular flexibility index (Phi) is 1.69. The van der Waals surface area contributed by atoms with Crippen LogP contribution in [0.1, 0.15) is 22.7 Å². The van der Waals surface area contributed by atoms with Gasteiger partial charge in [-0.25, -0.2) is 4.98 Å². The fourth-order valence-electron chi connectivity index (χ4n) is 1.54. The number of aliphatic hydroxyl groups is 1. The highest BCUT2D eigenvalue weighted by Gasteiger charge is 2.19. The zero-order valence-corrected chi connectivity index (χ0v) is 6.60. The van der Waals surface area contributed by atoms with Crippen molar-refractivity contribution in [3.63, 3.8) is 0 Å². The van der Waals surface area contributed by atoms with Crippen LogP contribution in [-0.4, -0.2) is 27.0 Å². The fraction of sp³-hybridized carbons (Fsp3) is 0.500. The molecule has 1 N–H and O–H groups in total. The molecule has 12 heavy (non-hydrogen) atoms. The van der Waals surface area contributed by atoms with Crippen LogP contribution >= 0.6 is 0 Å². The number of aliphatic hydroxyl groups excluding tert-OH is 1. The van der Waals surface area contributed by atoms with E-state index in [0.29, 0.717) is 25.1 Å². The van der Waals surface area contributed by atoms with Gasteiger partial charge in [0, 0.05) is 13.0 Å². The number of carbonyl (C=O) groups is 1. The third kappa shape index (κ3) is 1.04. The van der Waals surface area contributed by atoms with Gasteiger partial charge in [0.1, 0.15) is 11.5 Å². The first-order chi connectivity index (χ1) is 5.81. The summed E-state index contributed by atoms with van der Waals surface area (Å²) in [6.45, 7) is 0.699. The van der Waals surface area contributed by atoms with Gasteiger partial charge in [-0.2, -0.15) is 0 Å². The van der Waals surface area contributed by atoms with Crippen LogP contribution in [0.3, 0.4) is 0 Å². The summed E-state index contributed by atoms with van der Waals surface area (Å²) >= 11 is 0. The lowest BCUT2D eigenvalue weighted by molar-refractivity contribution is 0.110. The van der Waals surface area contributed by atoms with Gasteiger partial charge in [0.15, 0.2) is 6.29 Å². The highest BCUT2D eigenvalue weighted by Crippen LogP contribution is 2.15. The molecule has 64 valence electrons. The highest BCUT2D eigenvalue weighted by molar-refractivity contribution is 5.71. The minimum absolute atomic E-state index is 0.292. The van der Waals surface area contributed by atoms with Crippen LogP contribution in [0.2, 0.25) is 0 Å². The van der Waals surface area contributed by atoms with E-state index in [9.17, 15) is 9.90 Å². The molecule has 1 unspecified atom stereocenters. The average molecular weight is 166 g/mol. The maximum atomic E-state index is 10.5. The normalized spacial score (nSPS) is 21.9. The number of nitrogens with zero attached hydrogens (tertiary/aromatic N) is 2. The number of carbonyl (C=O) groups excluding carboxylic acids is 1.